The van der Waals surface area contributed by atoms with Crippen LogP contribution in [-0.4, -0.2) is 68.9 Å². The molecule has 6 heteroatoms. The van der Waals surface area contributed by atoms with Gasteiger partial charge < -0.3 is 29.2 Å². The summed E-state index contributed by atoms with van der Waals surface area (Å²) in [5.41, 5.74) is 0. The SMILES string of the molecule is COC[C@@H](OC)[C@@H]1OC(O)[C@H](OC)[C@H]1O. The maximum Gasteiger partial charge on any atom is 0.184 e. The lowest BCUT2D eigenvalue weighted by Gasteiger charge is -2.23. The standard InChI is InChI=1S/C9H18O6/c1-12-4-5(13-2)7-6(10)8(14-3)9(11)15-7/h5-11H,4H2,1-3H3/t5-,6+,7+,8-,9?/m1/s1. The normalized spacial score (nSPS) is 38.2. The van der Waals surface area contributed by atoms with Crippen molar-refractivity contribution in [2.24, 2.45) is 0 Å². The Morgan fingerprint density at radius 3 is 2.33 bits per heavy atom. The van der Waals surface area contributed by atoms with Crippen LogP contribution in [0.2, 0.25) is 0 Å². The highest BCUT2D eigenvalue weighted by molar-refractivity contribution is 4.91. The fourth-order valence-corrected chi connectivity index (χ4v) is 1.70. The van der Waals surface area contributed by atoms with Gasteiger partial charge in [-0.05, 0) is 0 Å². The van der Waals surface area contributed by atoms with Crippen LogP contribution in [0.1, 0.15) is 0 Å². The van der Waals surface area contributed by atoms with Crippen LogP contribution in [0.4, 0.5) is 0 Å². The highest BCUT2D eigenvalue weighted by atomic mass is 16.7. The molecule has 1 unspecified atom stereocenters. The second kappa shape index (κ2) is 5.74. The molecule has 1 rings (SSSR count). The molecule has 90 valence electrons. The maximum atomic E-state index is 9.80. The zero-order chi connectivity index (χ0) is 11.4. The molecule has 0 amide bonds. The number of aliphatic hydroxyl groups excluding tert-OH is 2. The van der Waals surface area contributed by atoms with E-state index >= 15 is 0 Å². The van der Waals surface area contributed by atoms with Crippen molar-refractivity contribution in [2.45, 2.75) is 30.7 Å². The largest absolute Gasteiger partial charge is 0.387 e. The van der Waals surface area contributed by atoms with E-state index in [1.165, 1.54) is 21.3 Å². The van der Waals surface area contributed by atoms with Crippen LogP contribution < -0.4 is 0 Å². The minimum absolute atomic E-state index is 0.279. The molecule has 0 aromatic rings. The summed E-state index contributed by atoms with van der Waals surface area (Å²) in [6.45, 7) is 0.279. The molecule has 5 atom stereocenters. The van der Waals surface area contributed by atoms with Crippen molar-refractivity contribution in [3.05, 3.63) is 0 Å². The van der Waals surface area contributed by atoms with Crippen LogP contribution in [-0.2, 0) is 18.9 Å². The van der Waals surface area contributed by atoms with Gasteiger partial charge in [0.05, 0.1) is 6.61 Å². The van der Waals surface area contributed by atoms with Gasteiger partial charge in [0, 0.05) is 21.3 Å². The van der Waals surface area contributed by atoms with Gasteiger partial charge in [0.2, 0.25) is 0 Å². The van der Waals surface area contributed by atoms with E-state index in [-0.39, 0.29) is 6.61 Å². The zero-order valence-electron chi connectivity index (χ0n) is 9.12. The second-order valence-electron chi connectivity index (χ2n) is 3.41. The zero-order valence-corrected chi connectivity index (χ0v) is 9.12. The van der Waals surface area contributed by atoms with Crippen molar-refractivity contribution < 1.29 is 29.2 Å². The van der Waals surface area contributed by atoms with Crippen molar-refractivity contribution in [3.8, 4) is 0 Å². The summed E-state index contributed by atoms with van der Waals surface area (Å²) >= 11 is 0. The highest BCUT2D eigenvalue weighted by Gasteiger charge is 2.46. The molecule has 6 nitrogen and oxygen atoms in total. The van der Waals surface area contributed by atoms with Crippen LogP contribution >= 0.6 is 0 Å². The minimum atomic E-state index is -1.13. The number of methoxy groups -OCH3 is 3. The Kier molecular flexibility index (Phi) is 4.91. The van der Waals surface area contributed by atoms with E-state index in [2.05, 4.69) is 0 Å². The van der Waals surface area contributed by atoms with E-state index in [0.29, 0.717) is 0 Å². The fraction of sp³-hybridized carbons (Fsp3) is 1.00. The maximum absolute atomic E-state index is 9.80. The lowest BCUT2D eigenvalue weighted by Crippen LogP contribution is -2.42. The molecule has 1 fully saturated rings. The summed E-state index contributed by atoms with van der Waals surface area (Å²) < 4.78 is 20.1. The van der Waals surface area contributed by atoms with Crippen molar-refractivity contribution in [1.82, 2.24) is 0 Å². The molecule has 15 heavy (non-hydrogen) atoms. The molecular weight excluding hydrogens is 204 g/mol. The highest BCUT2D eigenvalue weighted by Crippen LogP contribution is 2.25. The third-order valence-corrected chi connectivity index (χ3v) is 2.52. The molecule has 1 aliphatic rings. The number of ether oxygens (including phenoxy) is 4. The summed E-state index contributed by atoms with van der Waals surface area (Å²) in [4.78, 5) is 0. The topological polar surface area (TPSA) is 77.4 Å². The Morgan fingerprint density at radius 1 is 1.27 bits per heavy atom. The van der Waals surface area contributed by atoms with Crippen LogP contribution in [0.3, 0.4) is 0 Å². The van der Waals surface area contributed by atoms with Crippen LogP contribution in [0.5, 0.6) is 0 Å². The summed E-state index contributed by atoms with van der Waals surface area (Å²) in [5.74, 6) is 0. The molecule has 0 saturated carbocycles. The predicted molar refractivity (Wildman–Crippen MR) is 50.4 cm³/mol. The van der Waals surface area contributed by atoms with Crippen molar-refractivity contribution >= 4 is 0 Å². The first kappa shape index (κ1) is 12.8. The van der Waals surface area contributed by atoms with E-state index in [1.54, 1.807) is 0 Å². The van der Waals surface area contributed by atoms with E-state index in [0.717, 1.165) is 0 Å². The van der Waals surface area contributed by atoms with Gasteiger partial charge >= 0.3 is 0 Å². The van der Waals surface area contributed by atoms with Crippen molar-refractivity contribution in [3.63, 3.8) is 0 Å². The van der Waals surface area contributed by atoms with Gasteiger partial charge in [0.25, 0.3) is 0 Å². The van der Waals surface area contributed by atoms with E-state index < -0.39 is 30.7 Å². The van der Waals surface area contributed by atoms with Gasteiger partial charge in [-0.2, -0.15) is 0 Å². The van der Waals surface area contributed by atoms with Gasteiger partial charge in [-0.1, -0.05) is 0 Å². The number of rotatable bonds is 5. The van der Waals surface area contributed by atoms with E-state index in [1.807, 2.05) is 0 Å². The Bertz CT molecular complexity index is 185. The van der Waals surface area contributed by atoms with Gasteiger partial charge in [0.1, 0.15) is 24.4 Å². The number of hydrogen-bond acceptors (Lipinski definition) is 6. The third-order valence-electron chi connectivity index (χ3n) is 2.52. The quantitative estimate of drug-likeness (QED) is 0.604. The molecule has 1 saturated heterocycles. The first-order valence-corrected chi connectivity index (χ1v) is 4.71. The van der Waals surface area contributed by atoms with Crippen LogP contribution in [0, 0.1) is 0 Å². The molecule has 0 aromatic heterocycles. The Balaban J connectivity index is 2.62. The smallest absolute Gasteiger partial charge is 0.184 e. The first-order chi connectivity index (χ1) is 7.15. The summed E-state index contributed by atoms with van der Waals surface area (Å²) in [5, 5.41) is 19.2. The summed E-state index contributed by atoms with van der Waals surface area (Å²) in [7, 11) is 4.42. The molecular formula is C9H18O6. The Hall–Kier alpha value is -0.240. The van der Waals surface area contributed by atoms with Crippen molar-refractivity contribution in [2.75, 3.05) is 27.9 Å². The van der Waals surface area contributed by atoms with Gasteiger partial charge in [-0.15, -0.1) is 0 Å². The molecule has 1 heterocycles. The molecule has 0 aromatic carbocycles. The van der Waals surface area contributed by atoms with Gasteiger partial charge in [-0.3, -0.25) is 0 Å². The first-order valence-electron chi connectivity index (χ1n) is 4.71. The second-order valence-corrected chi connectivity index (χ2v) is 3.41. The Labute approximate surface area is 88.7 Å². The van der Waals surface area contributed by atoms with Crippen LogP contribution in [0.25, 0.3) is 0 Å². The number of hydrogen-bond donors (Lipinski definition) is 2. The van der Waals surface area contributed by atoms with Gasteiger partial charge in [-0.25, -0.2) is 0 Å². The van der Waals surface area contributed by atoms with E-state index in [4.69, 9.17) is 18.9 Å². The predicted octanol–water partition coefficient (Wildman–Crippen LogP) is -1.26. The minimum Gasteiger partial charge on any atom is -0.387 e. The summed E-state index contributed by atoms with van der Waals surface area (Å²) in [6.07, 6.45) is -3.88. The average Bonchev–Trinajstić information content (AvgIpc) is 2.50. The Morgan fingerprint density at radius 2 is 1.93 bits per heavy atom. The van der Waals surface area contributed by atoms with Gasteiger partial charge in [0.15, 0.2) is 6.29 Å². The van der Waals surface area contributed by atoms with Crippen molar-refractivity contribution in [1.29, 1.82) is 0 Å². The molecule has 0 aliphatic carbocycles. The molecule has 0 bridgehead atoms. The molecule has 0 radical (unpaired) electrons. The summed E-state index contributed by atoms with van der Waals surface area (Å²) in [6, 6.07) is 0. The van der Waals surface area contributed by atoms with E-state index in [9.17, 15) is 10.2 Å². The fourth-order valence-electron chi connectivity index (χ4n) is 1.70. The molecule has 1 aliphatic heterocycles. The average molecular weight is 222 g/mol. The number of aliphatic hydroxyl groups is 2. The monoisotopic (exact) mass is 222 g/mol. The molecule has 2 N–H and O–H groups in total. The molecule has 0 spiro atoms. The lowest BCUT2D eigenvalue weighted by atomic mass is 10.1. The lowest BCUT2D eigenvalue weighted by molar-refractivity contribution is -0.160. The van der Waals surface area contributed by atoms with Crippen LogP contribution in [0.15, 0.2) is 0 Å². The third kappa shape index (κ3) is 2.66.